The number of carbonyl (C=O) groups excluding carboxylic acids is 1. The van der Waals surface area contributed by atoms with Crippen molar-refractivity contribution in [1.82, 2.24) is 4.90 Å². The molecule has 2 fully saturated rings. The molecule has 2 rings (SSSR count). The zero-order chi connectivity index (χ0) is 12.5. The van der Waals surface area contributed by atoms with E-state index in [0.717, 1.165) is 6.42 Å². The van der Waals surface area contributed by atoms with Crippen LogP contribution in [0, 0.1) is 11.3 Å². The summed E-state index contributed by atoms with van der Waals surface area (Å²) >= 11 is 0. The summed E-state index contributed by atoms with van der Waals surface area (Å²) in [6, 6.07) is 0. The van der Waals surface area contributed by atoms with Gasteiger partial charge in [0.05, 0.1) is 5.41 Å². The Kier molecular flexibility index (Phi) is 3.09. The van der Waals surface area contributed by atoms with Crippen molar-refractivity contribution in [2.24, 2.45) is 11.3 Å². The summed E-state index contributed by atoms with van der Waals surface area (Å²) < 4.78 is 4.96. The van der Waals surface area contributed by atoms with Crippen molar-refractivity contribution in [3.8, 4) is 0 Å². The minimum atomic E-state index is -0.791. The first-order chi connectivity index (χ1) is 8.07. The van der Waals surface area contributed by atoms with E-state index >= 15 is 0 Å². The Balaban J connectivity index is 2.05. The first-order valence-corrected chi connectivity index (χ1v) is 5.83. The van der Waals surface area contributed by atoms with Crippen LogP contribution in [0.1, 0.15) is 19.3 Å². The minimum Gasteiger partial charge on any atom is -0.481 e. The van der Waals surface area contributed by atoms with E-state index in [9.17, 15) is 14.7 Å². The maximum Gasteiger partial charge on any atom is 0.410 e. The third kappa shape index (κ3) is 2.14. The number of carboxylic acids is 1. The SMILES string of the molecule is C=CCOC(=O)N1CC2CCC(C(=O)O)(C2)C1. The second-order valence-corrected chi connectivity index (χ2v) is 4.94. The molecule has 1 aliphatic carbocycles. The Morgan fingerprint density at radius 3 is 3.00 bits per heavy atom. The molecule has 0 aromatic carbocycles. The van der Waals surface area contributed by atoms with Crippen LogP contribution in [-0.4, -0.2) is 41.8 Å². The van der Waals surface area contributed by atoms with Crippen LogP contribution < -0.4 is 0 Å². The molecule has 1 aliphatic heterocycles. The highest BCUT2D eigenvalue weighted by atomic mass is 16.6. The van der Waals surface area contributed by atoms with Gasteiger partial charge in [0.1, 0.15) is 6.61 Å². The number of nitrogens with zero attached hydrogens (tertiary/aromatic N) is 1. The Morgan fingerprint density at radius 2 is 2.35 bits per heavy atom. The summed E-state index contributed by atoms with van der Waals surface area (Å²) in [5.74, 6) is -0.489. The van der Waals surface area contributed by atoms with Gasteiger partial charge in [0.15, 0.2) is 0 Å². The molecular weight excluding hydrogens is 222 g/mol. The van der Waals surface area contributed by atoms with E-state index in [1.54, 1.807) is 0 Å². The van der Waals surface area contributed by atoms with Crippen LogP contribution in [0.5, 0.6) is 0 Å². The average Bonchev–Trinajstić information content (AvgIpc) is 2.62. The molecule has 17 heavy (non-hydrogen) atoms. The molecule has 0 radical (unpaired) electrons. The van der Waals surface area contributed by atoms with Gasteiger partial charge in [-0.2, -0.15) is 0 Å². The molecule has 1 amide bonds. The maximum atomic E-state index is 11.7. The highest BCUT2D eigenvalue weighted by Crippen LogP contribution is 2.46. The number of hydrogen-bond acceptors (Lipinski definition) is 3. The van der Waals surface area contributed by atoms with E-state index in [-0.39, 0.29) is 13.2 Å². The summed E-state index contributed by atoms with van der Waals surface area (Å²) in [6.45, 7) is 4.53. The molecule has 1 saturated heterocycles. The molecule has 2 bridgehead atoms. The van der Waals surface area contributed by atoms with Gasteiger partial charge in [-0.25, -0.2) is 4.79 Å². The lowest BCUT2D eigenvalue weighted by Crippen LogP contribution is -2.49. The normalized spacial score (nSPS) is 31.1. The number of hydrogen-bond donors (Lipinski definition) is 1. The largest absolute Gasteiger partial charge is 0.481 e. The highest BCUT2D eigenvalue weighted by molar-refractivity contribution is 5.77. The van der Waals surface area contributed by atoms with E-state index in [0.29, 0.717) is 25.3 Å². The molecule has 94 valence electrons. The van der Waals surface area contributed by atoms with Crippen molar-refractivity contribution in [1.29, 1.82) is 0 Å². The first kappa shape index (κ1) is 12.0. The van der Waals surface area contributed by atoms with Crippen LogP contribution in [0.3, 0.4) is 0 Å². The van der Waals surface area contributed by atoms with Crippen molar-refractivity contribution in [3.63, 3.8) is 0 Å². The van der Waals surface area contributed by atoms with Gasteiger partial charge in [-0.15, -0.1) is 0 Å². The number of amides is 1. The van der Waals surface area contributed by atoms with Gasteiger partial charge in [0.25, 0.3) is 0 Å². The van der Waals surface area contributed by atoms with Gasteiger partial charge >= 0.3 is 12.1 Å². The van der Waals surface area contributed by atoms with Crippen LogP contribution in [0.15, 0.2) is 12.7 Å². The van der Waals surface area contributed by atoms with Crippen molar-refractivity contribution in [2.45, 2.75) is 19.3 Å². The Hall–Kier alpha value is -1.52. The van der Waals surface area contributed by atoms with E-state index < -0.39 is 17.5 Å². The zero-order valence-electron chi connectivity index (χ0n) is 9.72. The standard InChI is InChI=1S/C12H17NO4/c1-2-5-17-11(16)13-7-9-3-4-12(6-9,8-13)10(14)15/h2,9H,1,3-8H2,(H,14,15). The fourth-order valence-corrected chi connectivity index (χ4v) is 2.90. The number of aliphatic carboxylic acids is 1. The van der Waals surface area contributed by atoms with Gasteiger partial charge in [0, 0.05) is 13.1 Å². The molecule has 2 aliphatic rings. The number of rotatable bonds is 3. The lowest BCUT2D eigenvalue weighted by atomic mass is 9.82. The summed E-state index contributed by atoms with van der Waals surface area (Å²) in [4.78, 5) is 24.6. The highest BCUT2D eigenvalue weighted by Gasteiger charge is 2.51. The molecule has 1 N–H and O–H groups in total. The smallest absolute Gasteiger partial charge is 0.410 e. The monoisotopic (exact) mass is 239 g/mol. The molecule has 1 heterocycles. The number of likely N-dealkylation sites (tertiary alicyclic amines) is 1. The fraction of sp³-hybridized carbons (Fsp3) is 0.667. The number of fused-ring (bicyclic) bond motifs is 2. The molecule has 5 heteroatoms. The van der Waals surface area contributed by atoms with Gasteiger partial charge in [-0.1, -0.05) is 12.7 Å². The van der Waals surface area contributed by atoms with E-state index in [1.807, 2.05) is 0 Å². The summed E-state index contributed by atoms with van der Waals surface area (Å²) in [7, 11) is 0. The number of piperidine rings is 1. The second-order valence-electron chi connectivity index (χ2n) is 4.94. The van der Waals surface area contributed by atoms with Crippen molar-refractivity contribution >= 4 is 12.1 Å². The van der Waals surface area contributed by atoms with Gasteiger partial charge in [0.2, 0.25) is 0 Å². The third-order valence-corrected chi connectivity index (χ3v) is 3.72. The molecule has 0 aromatic heterocycles. The summed E-state index contributed by atoms with van der Waals surface area (Å²) in [5.41, 5.74) is -0.740. The van der Waals surface area contributed by atoms with Crippen LogP contribution in [0.4, 0.5) is 4.79 Å². The number of carboxylic acid groups (broad SMARTS) is 1. The van der Waals surface area contributed by atoms with Gasteiger partial charge in [-0.3, -0.25) is 4.79 Å². The van der Waals surface area contributed by atoms with Gasteiger partial charge < -0.3 is 14.7 Å². The van der Waals surface area contributed by atoms with Crippen molar-refractivity contribution < 1.29 is 19.4 Å². The molecular formula is C12H17NO4. The average molecular weight is 239 g/mol. The lowest BCUT2D eigenvalue weighted by Gasteiger charge is -2.36. The molecule has 5 nitrogen and oxygen atoms in total. The van der Waals surface area contributed by atoms with E-state index in [1.165, 1.54) is 11.0 Å². The van der Waals surface area contributed by atoms with Crippen molar-refractivity contribution in [2.75, 3.05) is 19.7 Å². The molecule has 1 saturated carbocycles. The van der Waals surface area contributed by atoms with Crippen LogP contribution in [0.25, 0.3) is 0 Å². The maximum absolute atomic E-state index is 11.7. The predicted octanol–water partition coefficient (Wildman–Crippen LogP) is 1.50. The fourth-order valence-electron chi connectivity index (χ4n) is 2.90. The molecule has 2 unspecified atom stereocenters. The Morgan fingerprint density at radius 1 is 1.59 bits per heavy atom. The second kappa shape index (κ2) is 4.39. The quantitative estimate of drug-likeness (QED) is 0.758. The van der Waals surface area contributed by atoms with Crippen LogP contribution >= 0.6 is 0 Å². The lowest BCUT2D eigenvalue weighted by molar-refractivity contribution is -0.150. The van der Waals surface area contributed by atoms with E-state index in [4.69, 9.17) is 4.74 Å². The predicted molar refractivity (Wildman–Crippen MR) is 60.5 cm³/mol. The number of ether oxygens (including phenoxy) is 1. The number of carbonyl (C=O) groups is 2. The Bertz CT molecular complexity index is 354. The first-order valence-electron chi connectivity index (χ1n) is 5.83. The summed E-state index contributed by atoms with van der Waals surface area (Å²) in [6.07, 6.45) is 3.31. The topological polar surface area (TPSA) is 66.8 Å². The zero-order valence-corrected chi connectivity index (χ0v) is 9.72. The van der Waals surface area contributed by atoms with Crippen LogP contribution in [-0.2, 0) is 9.53 Å². The van der Waals surface area contributed by atoms with Crippen molar-refractivity contribution in [3.05, 3.63) is 12.7 Å². The summed E-state index contributed by atoms with van der Waals surface area (Å²) in [5, 5.41) is 9.30. The molecule has 0 aromatic rings. The molecule has 2 atom stereocenters. The molecule has 0 spiro atoms. The Labute approximate surface area is 100 Å². The minimum absolute atomic E-state index is 0.167. The third-order valence-electron chi connectivity index (χ3n) is 3.72. The van der Waals surface area contributed by atoms with Gasteiger partial charge in [-0.05, 0) is 25.2 Å². The van der Waals surface area contributed by atoms with Crippen LogP contribution in [0.2, 0.25) is 0 Å². The van der Waals surface area contributed by atoms with E-state index in [2.05, 4.69) is 6.58 Å².